The first-order valence-electron chi connectivity index (χ1n) is 2.40. The zero-order valence-corrected chi connectivity index (χ0v) is 5.16. The summed E-state index contributed by atoms with van der Waals surface area (Å²) < 4.78 is 0. The SMILES string of the molecule is N#C/C=C1\NCCS1. The number of allylic oxidation sites excluding steroid dienone is 1. The van der Waals surface area contributed by atoms with Gasteiger partial charge in [-0.3, -0.25) is 0 Å². The molecular formula is C5H6N2S. The summed E-state index contributed by atoms with van der Waals surface area (Å²) in [7, 11) is 0. The fraction of sp³-hybridized carbons (Fsp3) is 0.400. The molecule has 2 nitrogen and oxygen atoms in total. The molecule has 0 atom stereocenters. The molecule has 8 heavy (non-hydrogen) atoms. The van der Waals surface area contributed by atoms with Crippen molar-refractivity contribution in [2.45, 2.75) is 0 Å². The molecule has 1 aliphatic heterocycles. The second-order valence-electron chi connectivity index (χ2n) is 1.41. The number of hydrogen-bond acceptors (Lipinski definition) is 3. The van der Waals surface area contributed by atoms with Gasteiger partial charge < -0.3 is 5.32 Å². The zero-order chi connectivity index (χ0) is 5.82. The second kappa shape index (κ2) is 2.63. The van der Waals surface area contributed by atoms with Crippen molar-refractivity contribution in [1.82, 2.24) is 5.32 Å². The third kappa shape index (κ3) is 1.17. The fourth-order valence-corrected chi connectivity index (χ4v) is 1.30. The van der Waals surface area contributed by atoms with Crippen LogP contribution in [0.2, 0.25) is 0 Å². The van der Waals surface area contributed by atoms with Gasteiger partial charge in [-0.2, -0.15) is 5.26 Å². The van der Waals surface area contributed by atoms with Gasteiger partial charge in [0.2, 0.25) is 0 Å². The van der Waals surface area contributed by atoms with Crippen LogP contribution in [0.1, 0.15) is 0 Å². The number of hydrogen-bond donors (Lipinski definition) is 1. The van der Waals surface area contributed by atoms with Gasteiger partial charge in [-0.15, -0.1) is 11.8 Å². The molecule has 1 saturated heterocycles. The molecular weight excluding hydrogens is 120 g/mol. The van der Waals surface area contributed by atoms with E-state index in [0.717, 1.165) is 17.3 Å². The predicted octanol–water partition coefficient (Wildman–Crippen LogP) is 0.688. The molecule has 1 rings (SSSR count). The van der Waals surface area contributed by atoms with Crippen LogP contribution in [0.15, 0.2) is 11.1 Å². The molecule has 0 aliphatic carbocycles. The summed E-state index contributed by atoms with van der Waals surface area (Å²) in [6.45, 7) is 0.998. The van der Waals surface area contributed by atoms with Crippen LogP contribution < -0.4 is 5.32 Å². The number of nitriles is 1. The Morgan fingerprint density at radius 2 is 2.75 bits per heavy atom. The van der Waals surface area contributed by atoms with Crippen LogP contribution in [0, 0.1) is 11.3 Å². The molecule has 0 aromatic heterocycles. The molecule has 1 N–H and O–H groups in total. The van der Waals surface area contributed by atoms with E-state index in [1.54, 1.807) is 11.8 Å². The molecule has 3 heteroatoms. The molecule has 0 saturated carbocycles. The van der Waals surface area contributed by atoms with Crippen molar-refractivity contribution in [2.75, 3.05) is 12.3 Å². The topological polar surface area (TPSA) is 35.8 Å². The Morgan fingerprint density at radius 1 is 1.88 bits per heavy atom. The molecule has 1 aliphatic rings. The van der Waals surface area contributed by atoms with Gasteiger partial charge >= 0.3 is 0 Å². The van der Waals surface area contributed by atoms with Gasteiger partial charge in [0.15, 0.2) is 0 Å². The summed E-state index contributed by atoms with van der Waals surface area (Å²) in [6, 6.07) is 1.96. The van der Waals surface area contributed by atoms with E-state index >= 15 is 0 Å². The third-order valence-electron chi connectivity index (χ3n) is 0.855. The number of nitrogens with one attached hydrogen (secondary N) is 1. The number of rotatable bonds is 0. The van der Waals surface area contributed by atoms with Gasteiger partial charge in [0.25, 0.3) is 0 Å². The average molecular weight is 126 g/mol. The van der Waals surface area contributed by atoms with Crippen LogP contribution >= 0.6 is 11.8 Å². The van der Waals surface area contributed by atoms with Crippen LogP contribution in [-0.4, -0.2) is 12.3 Å². The minimum Gasteiger partial charge on any atom is -0.378 e. The molecule has 0 unspecified atom stereocenters. The zero-order valence-electron chi connectivity index (χ0n) is 4.35. The maximum absolute atomic E-state index is 8.15. The Morgan fingerprint density at radius 3 is 3.25 bits per heavy atom. The Kier molecular flexibility index (Phi) is 1.81. The molecule has 0 bridgehead atoms. The van der Waals surface area contributed by atoms with E-state index in [2.05, 4.69) is 5.32 Å². The highest BCUT2D eigenvalue weighted by Crippen LogP contribution is 2.16. The lowest BCUT2D eigenvalue weighted by Gasteiger charge is -1.88. The van der Waals surface area contributed by atoms with Crippen LogP contribution in [0.5, 0.6) is 0 Å². The maximum Gasteiger partial charge on any atom is 0.0939 e. The van der Waals surface area contributed by atoms with Crippen molar-refractivity contribution in [2.24, 2.45) is 0 Å². The van der Waals surface area contributed by atoms with Crippen molar-refractivity contribution in [3.8, 4) is 6.07 Å². The average Bonchev–Trinajstić information content (AvgIpc) is 2.19. The third-order valence-corrected chi connectivity index (χ3v) is 1.84. The Bertz CT molecular complexity index is 137. The van der Waals surface area contributed by atoms with Crippen LogP contribution in [0.4, 0.5) is 0 Å². The Labute approximate surface area is 52.6 Å². The number of nitrogens with zero attached hydrogens (tertiary/aromatic N) is 1. The summed E-state index contributed by atoms with van der Waals surface area (Å²) in [4.78, 5) is 0. The molecule has 0 aromatic carbocycles. The molecule has 0 radical (unpaired) electrons. The standard InChI is InChI=1S/C5H6N2S/c6-2-1-5-7-3-4-8-5/h1,7H,3-4H2/b5-1+. The lowest BCUT2D eigenvalue weighted by atomic mass is 10.6. The van der Waals surface area contributed by atoms with E-state index in [4.69, 9.17) is 5.26 Å². The number of thioether (sulfide) groups is 1. The highest BCUT2D eigenvalue weighted by molar-refractivity contribution is 8.03. The van der Waals surface area contributed by atoms with E-state index in [1.807, 2.05) is 6.07 Å². The highest BCUT2D eigenvalue weighted by Gasteiger charge is 2.03. The monoisotopic (exact) mass is 126 g/mol. The first-order valence-corrected chi connectivity index (χ1v) is 3.38. The van der Waals surface area contributed by atoms with Gasteiger partial charge in [0, 0.05) is 18.4 Å². The van der Waals surface area contributed by atoms with E-state index in [-0.39, 0.29) is 0 Å². The highest BCUT2D eigenvalue weighted by atomic mass is 32.2. The van der Waals surface area contributed by atoms with Crippen LogP contribution in [0.25, 0.3) is 0 Å². The summed E-state index contributed by atoms with van der Waals surface area (Å²) in [5, 5.41) is 12.2. The van der Waals surface area contributed by atoms with Crippen molar-refractivity contribution in [3.05, 3.63) is 11.1 Å². The van der Waals surface area contributed by atoms with Crippen molar-refractivity contribution in [3.63, 3.8) is 0 Å². The first kappa shape index (κ1) is 5.52. The van der Waals surface area contributed by atoms with E-state index in [1.165, 1.54) is 6.08 Å². The maximum atomic E-state index is 8.15. The molecule has 1 heterocycles. The second-order valence-corrected chi connectivity index (χ2v) is 2.55. The van der Waals surface area contributed by atoms with Gasteiger partial charge in [-0.1, -0.05) is 0 Å². The lowest BCUT2D eigenvalue weighted by Crippen LogP contribution is -2.03. The molecule has 0 amide bonds. The summed E-state index contributed by atoms with van der Waals surface area (Å²) in [5.74, 6) is 1.09. The normalized spacial score (nSPS) is 22.6. The van der Waals surface area contributed by atoms with Crippen molar-refractivity contribution < 1.29 is 0 Å². The summed E-state index contributed by atoms with van der Waals surface area (Å²) >= 11 is 1.69. The van der Waals surface area contributed by atoms with Crippen LogP contribution in [-0.2, 0) is 0 Å². The molecule has 0 aromatic rings. The largest absolute Gasteiger partial charge is 0.378 e. The van der Waals surface area contributed by atoms with Gasteiger partial charge in [-0.25, -0.2) is 0 Å². The van der Waals surface area contributed by atoms with E-state index in [9.17, 15) is 0 Å². The van der Waals surface area contributed by atoms with Gasteiger partial charge in [-0.05, 0) is 0 Å². The van der Waals surface area contributed by atoms with Crippen LogP contribution in [0.3, 0.4) is 0 Å². The van der Waals surface area contributed by atoms with Gasteiger partial charge in [0.1, 0.15) is 0 Å². The quantitative estimate of drug-likeness (QED) is 0.485. The minimum atomic E-state index is 0.998. The van der Waals surface area contributed by atoms with Gasteiger partial charge in [0.05, 0.1) is 11.1 Å². The van der Waals surface area contributed by atoms with E-state index < -0.39 is 0 Å². The van der Waals surface area contributed by atoms with E-state index in [0.29, 0.717) is 0 Å². The fourth-order valence-electron chi connectivity index (χ4n) is 0.538. The molecule has 1 fully saturated rings. The lowest BCUT2D eigenvalue weighted by molar-refractivity contribution is 0.947. The molecule has 42 valence electrons. The first-order chi connectivity index (χ1) is 3.93. The minimum absolute atomic E-state index is 0.998. The van der Waals surface area contributed by atoms with Crippen molar-refractivity contribution >= 4 is 11.8 Å². The predicted molar refractivity (Wildman–Crippen MR) is 34.2 cm³/mol. The van der Waals surface area contributed by atoms with Crippen molar-refractivity contribution in [1.29, 1.82) is 5.26 Å². The summed E-state index contributed by atoms with van der Waals surface area (Å²) in [6.07, 6.45) is 1.54. The summed E-state index contributed by atoms with van der Waals surface area (Å²) in [5.41, 5.74) is 0. The molecule has 0 spiro atoms. The smallest absolute Gasteiger partial charge is 0.0939 e. The Balaban J connectivity index is 2.48. The Hall–Kier alpha value is -0.620.